The first kappa shape index (κ1) is 7.80. The Bertz CT molecular complexity index is 322. The van der Waals surface area contributed by atoms with Crippen LogP contribution in [0.2, 0.25) is 13.1 Å². The van der Waals surface area contributed by atoms with Gasteiger partial charge in [0.15, 0.2) is 0 Å². The molecule has 1 heterocycles. The fraction of sp³-hybridized carbons (Fsp3) is 0.333. The zero-order valence-corrected chi connectivity index (χ0v) is 8.32. The molecule has 0 unspecified atom stereocenters. The lowest BCUT2D eigenvalue weighted by Gasteiger charge is -2.13. The van der Waals surface area contributed by atoms with Gasteiger partial charge in [-0.3, -0.25) is 0 Å². The maximum Gasteiger partial charge on any atom is 0.123 e. The van der Waals surface area contributed by atoms with Gasteiger partial charge in [0, 0.05) is 11.9 Å². The van der Waals surface area contributed by atoms with Crippen LogP contribution in [0.5, 0.6) is 0 Å². The van der Waals surface area contributed by atoms with E-state index in [1.807, 2.05) is 6.07 Å². The molecule has 0 fully saturated rings. The van der Waals surface area contributed by atoms with Gasteiger partial charge in [-0.05, 0) is 23.4 Å². The first-order valence-corrected chi connectivity index (χ1v) is 7.34. The Kier molecular flexibility index (Phi) is 1.51. The molecule has 0 saturated carbocycles. The fourth-order valence-electron chi connectivity index (χ4n) is 1.64. The van der Waals surface area contributed by atoms with Gasteiger partial charge in [0.25, 0.3) is 0 Å². The monoisotopic (exact) mass is 181 g/mol. The molecular weight excluding hydrogens is 169 g/mol. The first-order chi connectivity index (χ1) is 5.59. The lowest BCUT2D eigenvalue weighted by Crippen LogP contribution is -2.41. The van der Waals surface area contributed by atoms with E-state index in [1.165, 1.54) is 11.3 Å². The maximum absolute atomic E-state index is 12.9. The molecule has 1 nitrogen and oxygen atoms in total. The summed E-state index contributed by atoms with van der Waals surface area (Å²) in [5, 5.41) is 4.54. The van der Waals surface area contributed by atoms with Crippen LogP contribution in [0.1, 0.15) is 0 Å². The van der Waals surface area contributed by atoms with E-state index in [4.69, 9.17) is 0 Å². The third-order valence-corrected chi connectivity index (χ3v) is 5.36. The minimum Gasteiger partial charge on any atom is -0.388 e. The summed E-state index contributed by atoms with van der Waals surface area (Å²) in [4.78, 5) is 0. The van der Waals surface area contributed by atoms with Crippen molar-refractivity contribution >= 4 is 18.9 Å². The standard InChI is InChI=1S/C9H12FNSi/c1-12(2)6-11-8-4-3-7(10)5-9(8)12/h3-5,11H,6H2,1-2H3. The highest BCUT2D eigenvalue weighted by molar-refractivity contribution is 6.92. The third-order valence-electron chi connectivity index (χ3n) is 2.43. The minimum absolute atomic E-state index is 0.113. The second-order valence-corrected chi connectivity index (χ2v) is 8.59. The summed E-state index contributed by atoms with van der Waals surface area (Å²) < 4.78 is 12.9. The van der Waals surface area contributed by atoms with Gasteiger partial charge in [-0.2, -0.15) is 0 Å². The highest BCUT2D eigenvalue weighted by Crippen LogP contribution is 2.19. The second kappa shape index (κ2) is 2.33. The highest BCUT2D eigenvalue weighted by atomic mass is 28.3. The minimum atomic E-state index is -1.34. The van der Waals surface area contributed by atoms with Gasteiger partial charge in [-0.15, -0.1) is 0 Å². The number of hydrogen-bond donors (Lipinski definition) is 1. The largest absolute Gasteiger partial charge is 0.388 e. The van der Waals surface area contributed by atoms with Gasteiger partial charge in [0.1, 0.15) is 13.9 Å². The van der Waals surface area contributed by atoms with Crippen LogP contribution in [0.25, 0.3) is 0 Å². The molecule has 12 heavy (non-hydrogen) atoms. The van der Waals surface area contributed by atoms with Gasteiger partial charge >= 0.3 is 0 Å². The lowest BCUT2D eigenvalue weighted by atomic mass is 10.3. The summed E-state index contributed by atoms with van der Waals surface area (Å²) in [7, 11) is -1.34. The number of fused-ring (bicyclic) bond motifs is 1. The van der Waals surface area contributed by atoms with Gasteiger partial charge in [0.2, 0.25) is 0 Å². The zero-order chi connectivity index (χ0) is 8.77. The van der Waals surface area contributed by atoms with Crippen LogP contribution in [0.15, 0.2) is 18.2 Å². The van der Waals surface area contributed by atoms with Crippen LogP contribution in [0.3, 0.4) is 0 Å². The van der Waals surface area contributed by atoms with Crippen molar-refractivity contribution in [3.63, 3.8) is 0 Å². The Morgan fingerprint density at radius 3 is 2.92 bits per heavy atom. The summed E-state index contributed by atoms with van der Waals surface area (Å²) in [5.41, 5.74) is 1.13. The van der Waals surface area contributed by atoms with E-state index in [1.54, 1.807) is 6.07 Å². The first-order valence-electron chi connectivity index (χ1n) is 4.13. The van der Waals surface area contributed by atoms with Crippen molar-refractivity contribution in [1.29, 1.82) is 0 Å². The topological polar surface area (TPSA) is 12.0 Å². The molecule has 1 aromatic rings. The normalized spacial score (nSPS) is 18.6. The smallest absolute Gasteiger partial charge is 0.123 e. The molecule has 0 radical (unpaired) electrons. The molecule has 1 aliphatic heterocycles. The van der Waals surface area contributed by atoms with Crippen LogP contribution in [0.4, 0.5) is 10.1 Å². The van der Waals surface area contributed by atoms with Crippen molar-refractivity contribution in [1.82, 2.24) is 0 Å². The van der Waals surface area contributed by atoms with Crippen LogP contribution in [-0.4, -0.2) is 14.2 Å². The van der Waals surface area contributed by atoms with E-state index in [0.29, 0.717) is 0 Å². The maximum atomic E-state index is 12.9. The Balaban J connectivity index is 2.57. The summed E-state index contributed by atoms with van der Waals surface area (Å²) in [6.07, 6.45) is 1.03. The quantitative estimate of drug-likeness (QED) is 0.601. The predicted molar refractivity (Wildman–Crippen MR) is 52.0 cm³/mol. The van der Waals surface area contributed by atoms with Gasteiger partial charge in [0.05, 0.1) is 0 Å². The Hall–Kier alpha value is -0.833. The molecule has 64 valence electrons. The van der Waals surface area contributed by atoms with Crippen molar-refractivity contribution in [3.05, 3.63) is 24.0 Å². The molecule has 0 amide bonds. The van der Waals surface area contributed by atoms with Gasteiger partial charge in [-0.1, -0.05) is 13.1 Å². The van der Waals surface area contributed by atoms with Crippen molar-refractivity contribution in [3.8, 4) is 0 Å². The molecular formula is C9H12FNSi. The highest BCUT2D eigenvalue weighted by Gasteiger charge is 2.31. The molecule has 1 aliphatic rings. The summed E-state index contributed by atoms with van der Waals surface area (Å²) in [5.74, 6) is -0.113. The van der Waals surface area contributed by atoms with Crippen LogP contribution < -0.4 is 10.5 Å². The molecule has 1 N–H and O–H groups in total. The van der Waals surface area contributed by atoms with Crippen LogP contribution >= 0.6 is 0 Å². The number of anilines is 1. The molecule has 0 aliphatic carbocycles. The van der Waals surface area contributed by atoms with Gasteiger partial charge < -0.3 is 5.32 Å². The van der Waals surface area contributed by atoms with E-state index in [-0.39, 0.29) is 5.82 Å². The number of halogens is 1. The molecule has 0 saturated heterocycles. The van der Waals surface area contributed by atoms with Crippen molar-refractivity contribution in [2.45, 2.75) is 13.1 Å². The summed E-state index contributed by atoms with van der Waals surface area (Å²) >= 11 is 0. The predicted octanol–water partition coefficient (Wildman–Crippen LogP) is 1.71. The van der Waals surface area contributed by atoms with Crippen molar-refractivity contribution in [2.24, 2.45) is 0 Å². The van der Waals surface area contributed by atoms with Crippen molar-refractivity contribution in [2.75, 3.05) is 11.5 Å². The Labute approximate surface area is 72.6 Å². The fourth-order valence-corrected chi connectivity index (χ4v) is 3.89. The van der Waals surface area contributed by atoms with Crippen LogP contribution in [0, 0.1) is 5.82 Å². The Morgan fingerprint density at radius 2 is 2.17 bits per heavy atom. The summed E-state index contributed by atoms with van der Waals surface area (Å²) in [6, 6.07) is 5.04. The molecule has 1 aromatic carbocycles. The van der Waals surface area contributed by atoms with E-state index >= 15 is 0 Å². The average Bonchev–Trinajstić information content (AvgIpc) is 2.28. The third kappa shape index (κ3) is 1.05. The van der Waals surface area contributed by atoms with Gasteiger partial charge in [-0.25, -0.2) is 4.39 Å². The molecule has 0 spiro atoms. The van der Waals surface area contributed by atoms with Crippen molar-refractivity contribution < 1.29 is 4.39 Å². The number of nitrogens with one attached hydrogen (secondary N) is 1. The molecule has 0 bridgehead atoms. The number of benzene rings is 1. The zero-order valence-electron chi connectivity index (χ0n) is 7.32. The SMILES string of the molecule is C[Si]1(C)CNc2ccc(F)cc21. The van der Waals surface area contributed by atoms with Crippen LogP contribution in [-0.2, 0) is 0 Å². The molecule has 3 heteroatoms. The molecule has 0 aromatic heterocycles. The second-order valence-electron chi connectivity index (χ2n) is 3.93. The molecule has 0 atom stereocenters. The summed E-state index contributed by atoms with van der Waals surface area (Å²) in [6.45, 7) is 4.51. The number of rotatable bonds is 0. The van der Waals surface area contributed by atoms with E-state index < -0.39 is 8.07 Å². The number of hydrogen-bond acceptors (Lipinski definition) is 1. The molecule has 2 rings (SSSR count). The lowest BCUT2D eigenvalue weighted by molar-refractivity contribution is 0.629. The Morgan fingerprint density at radius 1 is 1.42 bits per heavy atom. The van der Waals surface area contributed by atoms with E-state index in [9.17, 15) is 4.39 Å². The van der Waals surface area contributed by atoms with E-state index in [0.717, 1.165) is 11.9 Å². The average molecular weight is 181 g/mol. The van der Waals surface area contributed by atoms with E-state index in [2.05, 4.69) is 18.4 Å².